The van der Waals surface area contributed by atoms with Crippen molar-refractivity contribution in [3.63, 3.8) is 0 Å². The Morgan fingerprint density at radius 2 is 1.85 bits per heavy atom. The maximum atomic E-state index is 12.9. The number of hydrogen-bond donors (Lipinski definition) is 1. The number of aryl methyl sites for hydroxylation is 1. The molecule has 0 saturated carbocycles. The number of rotatable bonds is 10. The standard InChI is InChI=1S/C23H28F3N5O3/c1-5-33-19-8-7-17(10-20(19)34-6-2)13-30-14-18(11-27-30)28-22(32)15(3)12-31-16(4)9-21(29-31)23(24,25)26/h7-11,14-15H,5-6,12-13H2,1-4H3,(H,28,32). The smallest absolute Gasteiger partial charge is 0.435 e. The Hall–Kier alpha value is -3.50. The van der Waals surface area contributed by atoms with E-state index >= 15 is 0 Å². The van der Waals surface area contributed by atoms with Crippen LogP contribution in [0.4, 0.5) is 18.9 Å². The third-order valence-corrected chi connectivity index (χ3v) is 5.02. The minimum atomic E-state index is -4.52. The third-order valence-electron chi connectivity index (χ3n) is 5.02. The maximum absolute atomic E-state index is 12.9. The van der Waals surface area contributed by atoms with E-state index in [4.69, 9.17) is 9.47 Å². The van der Waals surface area contributed by atoms with Crippen LogP contribution in [0.25, 0.3) is 0 Å². The van der Waals surface area contributed by atoms with Crippen molar-refractivity contribution in [2.24, 2.45) is 5.92 Å². The van der Waals surface area contributed by atoms with E-state index in [0.717, 1.165) is 11.6 Å². The van der Waals surface area contributed by atoms with E-state index in [-0.39, 0.29) is 12.5 Å². The highest BCUT2D eigenvalue weighted by molar-refractivity contribution is 5.91. The molecule has 2 aromatic heterocycles. The highest BCUT2D eigenvalue weighted by Gasteiger charge is 2.34. The second-order valence-corrected chi connectivity index (χ2v) is 7.81. The molecule has 3 rings (SSSR count). The van der Waals surface area contributed by atoms with Crippen LogP contribution in [0.15, 0.2) is 36.7 Å². The molecule has 0 radical (unpaired) electrons. The molecule has 34 heavy (non-hydrogen) atoms. The van der Waals surface area contributed by atoms with Crippen molar-refractivity contribution in [3.05, 3.63) is 53.6 Å². The van der Waals surface area contributed by atoms with Gasteiger partial charge in [0.05, 0.1) is 44.1 Å². The Morgan fingerprint density at radius 1 is 1.15 bits per heavy atom. The molecule has 1 amide bonds. The van der Waals surface area contributed by atoms with Gasteiger partial charge < -0.3 is 14.8 Å². The predicted octanol–water partition coefficient (Wildman–Crippen LogP) is 4.53. The van der Waals surface area contributed by atoms with Crippen molar-refractivity contribution >= 4 is 11.6 Å². The van der Waals surface area contributed by atoms with Crippen molar-refractivity contribution in [2.45, 2.75) is 47.0 Å². The van der Waals surface area contributed by atoms with E-state index < -0.39 is 17.8 Å². The molecule has 2 heterocycles. The van der Waals surface area contributed by atoms with Crippen LogP contribution < -0.4 is 14.8 Å². The van der Waals surface area contributed by atoms with Crippen LogP contribution in [0.5, 0.6) is 11.5 Å². The zero-order chi connectivity index (χ0) is 24.9. The number of hydrogen-bond acceptors (Lipinski definition) is 5. The van der Waals surface area contributed by atoms with Crippen molar-refractivity contribution in [1.82, 2.24) is 19.6 Å². The summed E-state index contributed by atoms with van der Waals surface area (Å²) in [5.74, 6) is 0.370. The lowest BCUT2D eigenvalue weighted by Gasteiger charge is -2.13. The summed E-state index contributed by atoms with van der Waals surface area (Å²) in [5.41, 5.74) is 0.791. The highest BCUT2D eigenvalue weighted by Crippen LogP contribution is 2.30. The van der Waals surface area contributed by atoms with Gasteiger partial charge in [-0.25, -0.2) is 0 Å². The number of carbonyl (C=O) groups is 1. The lowest BCUT2D eigenvalue weighted by molar-refractivity contribution is -0.141. The van der Waals surface area contributed by atoms with Crippen LogP contribution in [0.1, 0.15) is 37.7 Å². The molecule has 0 bridgehead atoms. The van der Waals surface area contributed by atoms with E-state index in [2.05, 4.69) is 15.5 Å². The first-order chi connectivity index (χ1) is 16.1. The number of nitrogens with one attached hydrogen (secondary N) is 1. The largest absolute Gasteiger partial charge is 0.490 e. The molecule has 184 valence electrons. The molecular weight excluding hydrogens is 451 g/mol. The van der Waals surface area contributed by atoms with Crippen molar-refractivity contribution in [1.29, 1.82) is 0 Å². The van der Waals surface area contributed by atoms with Gasteiger partial charge in [-0.1, -0.05) is 13.0 Å². The molecule has 3 aromatic rings. The quantitative estimate of drug-likeness (QED) is 0.462. The first kappa shape index (κ1) is 25.1. The van der Waals surface area contributed by atoms with Gasteiger partial charge in [0.25, 0.3) is 0 Å². The topological polar surface area (TPSA) is 83.2 Å². The summed E-state index contributed by atoms with van der Waals surface area (Å²) >= 11 is 0. The summed E-state index contributed by atoms with van der Waals surface area (Å²) in [6.45, 7) is 8.46. The molecule has 0 aliphatic rings. The zero-order valence-electron chi connectivity index (χ0n) is 19.5. The average molecular weight is 480 g/mol. The summed E-state index contributed by atoms with van der Waals surface area (Å²) in [5, 5.41) is 10.6. The van der Waals surface area contributed by atoms with Crippen molar-refractivity contribution in [2.75, 3.05) is 18.5 Å². The van der Waals surface area contributed by atoms with Gasteiger partial charge in [-0.05, 0) is 44.5 Å². The number of ether oxygens (including phenoxy) is 2. The summed E-state index contributed by atoms with van der Waals surface area (Å²) in [6, 6.07) is 6.61. The van der Waals surface area contributed by atoms with Gasteiger partial charge in [-0.3, -0.25) is 14.2 Å². The Labute approximate surface area is 195 Å². The predicted molar refractivity (Wildman–Crippen MR) is 120 cm³/mol. The van der Waals surface area contributed by atoms with Gasteiger partial charge in [0.1, 0.15) is 0 Å². The first-order valence-corrected chi connectivity index (χ1v) is 10.9. The summed E-state index contributed by atoms with van der Waals surface area (Å²) in [6.07, 6.45) is -1.32. The monoisotopic (exact) mass is 479 g/mol. The molecule has 0 fully saturated rings. The molecule has 1 unspecified atom stereocenters. The van der Waals surface area contributed by atoms with Crippen LogP contribution in [-0.2, 0) is 24.1 Å². The SMILES string of the molecule is CCOc1ccc(Cn2cc(NC(=O)C(C)Cn3nc(C(F)(F)F)cc3C)cn2)cc1OCC. The summed E-state index contributed by atoms with van der Waals surface area (Å²) in [4.78, 5) is 12.6. The Balaban J connectivity index is 1.62. The molecule has 8 nitrogen and oxygen atoms in total. The molecule has 0 saturated heterocycles. The fourth-order valence-electron chi connectivity index (χ4n) is 3.34. The van der Waals surface area contributed by atoms with Crippen molar-refractivity contribution in [3.8, 4) is 11.5 Å². The summed E-state index contributed by atoms with van der Waals surface area (Å²) < 4.78 is 52.7. The average Bonchev–Trinajstić information content (AvgIpc) is 3.36. The van der Waals surface area contributed by atoms with Gasteiger partial charge in [0.15, 0.2) is 17.2 Å². The third kappa shape index (κ3) is 6.30. The van der Waals surface area contributed by atoms with Crippen LogP contribution >= 0.6 is 0 Å². The lowest BCUT2D eigenvalue weighted by atomic mass is 10.1. The van der Waals surface area contributed by atoms with Gasteiger partial charge in [-0.15, -0.1) is 0 Å². The molecule has 0 spiro atoms. The van der Waals surface area contributed by atoms with Gasteiger partial charge in [0, 0.05) is 11.9 Å². The molecule has 0 aliphatic carbocycles. The van der Waals surface area contributed by atoms with Crippen LogP contribution in [0.2, 0.25) is 0 Å². The molecule has 11 heteroatoms. The molecule has 1 aromatic carbocycles. The fraction of sp³-hybridized carbons (Fsp3) is 0.435. The number of carbonyl (C=O) groups excluding carboxylic acids is 1. The number of alkyl halides is 3. The summed E-state index contributed by atoms with van der Waals surface area (Å²) in [7, 11) is 0. The van der Waals surface area contributed by atoms with Crippen LogP contribution in [0.3, 0.4) is 0 Å². The lowest BCUT2D eigenvalue weighted by Crippen LogP contribution is -2.25. The highest BCUT2D eigenvalue weighted by atomic mass is 19.4. The number of aromatic nitrogens is 4. The van der Waals surface area contributed by atoms with E-state index in [1.165, 1.54) is 17.8 Å². The van der Waals surface area contributed by atoms with E-state index in [1.54, 1.807) is 17.8 Å². The molecule has 1 atom stereocenters. The Bertz CT molecular complexity index is 1120. The van der Waals surface area contributed by atoms with Crippen LogP contribution in [0, 0.1) is 12.8 Å². The van der Waals surface area contributed by atoms with Crippen molar-refractivity contribution < 1.29 is 27.4 Å². The number of nitrogens with zero attached hydrogens (tertiary/aromatic N) is 4. The number of benzene rings is 1. The van der Waals surface area contributed by atoms with E-state index in [1.807, 2.05) is 32.0 Å². The van der Waals surface area contributed by atoms with Gasteiger partial charge in [0.2, 0.25) is 5.91 Å². The molecular formula is C23H28F3N5O3. The maximum Gasteiger partial charge on any atom is 0.435 e. The molecule has 0 aliphatic heterocycles. The Kier molecular flexibility index (Phi) is 7.85. The first-order valence-electron chi connectivity index (χ1n) is 10.9. The second kappa shape index (κ2) is 10.6. The normalized spacial score (nSPS) is 12.4. The number of amides is 1. The minimum Gasteiger partial charge on any atom is -0.490 e. The van der Waals surface area contributed by atoms with Crippen LogP contribution in [-0.4, -0.2) is 38.7 Å². The Morgan fingerprint density at radius 3 is 2.50 bits per heavy atom. The van der Waals surface area contributed by atoms with Gasteiger partial charge >= 0.3 is 6.18 Å². The molecule has 1 N–H and O–H groups in total. The zero-order valence-corrected chi connectivity index (χ0v) is 19.5. The second-order valence-electron chi connectivity index (χ2n) is 7.81. The van der Waals surface area contributed by atoms with Gasteiger partial charge in [-0.2, -0.15) is 23.4 Å². The van der Waals surface area contributed by atoms with E-state index in [0.29, 0.717) is 42.6 Å². The number of halogens is 3. The minimum absolute atomic E-state index is 0.0221. The fourth-order valence-corrected chi connectivity index (χ4v) is 3.34. The number of anilines is 1. The van der Waals surface area contributed by atoms with E-state index in [9.17, 15) is 18.0 Å².